The molecular weight excluding hydrogens is 92.1 g/mol. The summed E-state index contributed by atoms with van der Waals surface area (Å²) >= 11 is 0. The van der Waals surface area contributed by atoms with Crippen LogP contribution in [-0.4, -0.2) is 12.2 Å². The highest BCUT2D eigenvalue weighted by Gasteiger charge is 1.93. The second kappa shape index (κ2) is 1.55. The maximum Gasteiger partial charge on any atom is 0.272 e. The van der Waals surface area contributed by atoms with Gasteiger partial charge in [0.25, 0.3) is 5.91 Å². The lowest BCUT2D eigenvalue weighted by molar-refractivity contribution is -0.115. The highest BCUT2D eigenvalue weighted by atomic mass is 16.1. The van der Waals surface area contributed by atoms with E-state index in [9.17, 15) is 4.79 Å². The highest BCUT2D eigenvalue weighted by Crippen LogP contribution is 1.79. The molecule has 3 nitrogen and oxygen atoms in total. The summed E-state index contributed by atoms with van der Waals surface area (Å²) in [6, 6.07) is 0. The molecule has 0 saturated heterocycles. The summed E-state index contributed by atoms with van der Waals surface area (Å²) in [5.41, 5.74) is 0. The van der Waals surface area contributed by atoms with Crippen molar-refractivity contribution in [2.24, 2.45) is 4.99 Å². The zero-order valence-electron chi connectivity index (χ0n) is 3.53. The molecule has 1 rings (SSSR count). The molecule has 1 amide bonds. The minimum atomic E-state index is -0.241. The van der Waals surface area contributed by atoms with Crippen molar-refractivity contribution >= 4 is 12.2 Å². The fourth-order valence-electron chi connectivity index (χ4n) is 0.279. The van der Waals surface area contributed by atoms with Crippen LogP contribution in [0.1, 0.15) is 0 Å². The number of rotatable bonds is 0. The molecule has 0 bridgehead atoms. The molecule has 0 unspecified atom stereocenters. The van der Waals surface area contributed by atoms with Crippen molar-refractivity contribution < 1.29 is 4.79 Å². The van der Waals surface area contributed by atoms with Crippen molar-refractivity contribution in [1.82, 2.24) is 5.32 Å². The lowest BCUT2D eigenvalue weighted by Gasteiger charge is -1.88. The SMILES string of the molecule is O=C1C=CN=C[N]1. The van der Waals surface area contributed by atoms with E-state index in [1.165, 1.54) is 18.6 Å². The van der Waals surface area contributed by atoms with Gasteiger partial charge in [-0.25, -0.2) is 4.99 Å². The highest BCUT2D eigenvalue weighted by molar-refractivity contribution is 5.96. The molecule has 1 aliphatic heterocycles. The van der Waals surface area contributed by atoms with E-state index in [0.29, 0.717) is 0 Å². The summed E-state index contributed by atoms with van der Waals surface area (Å²) < 4.78 is 0. The first-order valence-corrected chi connectivity index (χ1v) is 1.82. The van der Waals surface area contributed by atoms with E-state index in [4.69, 9.17) is 0 Å². The molecule has 0 aromatic rings. The molecule has 1 aliphatic rings. The van der Waals surface area contributed by atoms with E-state index in [0.717, 1.165) is 0 Å². The number of carbonyl (C=O) groups excluding carboxylic acids is 1. The van der Waals surface area contributed by atoms with Gasteiger partial charge in [-0.1, -0.05) is 0 Å². The Bertz CT molecular complexity index is 137. The molecule has 0 spiro atoms. The first kappa shape index (κ1) is 4.05. The van der Waals surface area contributed by atoms with Gasteiger partial charge in [0.05, 0.1) is 0 Å². The summed E-state index contributed by atoms with van der Waals surface area (Å²) in [4.78, 5) is 13.7. The van der Waals surface area contributed by atoms with Crippen LogP contribution in [0.4, 0.5) is 0 Å². The molecule has 1 heterocycles. The maximum absolute atomic E-state index is 10.1. The normalized spacial score (nSPS) is 16.9. The average Bonchev–Trinajstić information content (AvgIpc) is 1.69. The van der Waals surface area contributed by atoms with Crippen LogP contribution in [0.3, 0.4) is 0 Å². The molecule has 3 heteroatoms. The maximum atomic E-state index is 10.1. The monoisotopic (exact) mass is 95.0 g/mol. The minimum Gasteiger partial charge on any atom is -0.267 e. The van der Waals surface area contributed by atoms with Crippen molar-refractivity contribution in [3.05, 3.63) is 12.3 Å². The lowest BCUT2D eigenvalue weighted by atomic mass is 10.5. The molecular formula is C4H3N2O. The first-order chi connectivity index (χ1) is 3.39. The molecule has 0 fully saturated rings. The third-order valence-electron chi connectivity index (χ3n) is 0.555. The topological polar surface area (TPSA) is 43.5 Å². The predicted octanol–water partition coefficient (Wildman–Crippen LogP) is -0.327. The zero-order chi connectivity index (χ0) is 5.11. The Morgan fingerprint density at radius 3 is 2.71 bits per heavy atom. The largest absolute Gasteiger partial charge is 0.272 e. The third kappa shape index (κ3) is 0.855. The van der Waals surface area contributed by atoms with Gasteiger partial charge >= 0.3 is 0 Å². The van der Waals surface area contributed by atoms with Crippen molar-refractivity contribution in [1.29, 1.82) is 0 Å². The number of carbonyl (C=O) groups is 1. The van der Waals surface area contributed by atoms with Gasteiger partial charge in [0.1, 0.15) is 6.34 Å². The van der Waals surface area contributed by atoms with Gasteiger partial charge in [-0.15, -0.1) is 0 Å². The van der Waals surface area contributed by atoms with E-state index in [2.05, 4.69) is 10.3 Å². The molecule has 0 saturated carbocycles. The van der Waals surface area contributed by atoms with Gasteiger partial charge in [-0.05, 0) is 0 Å². The lowest BCUT2D eigenvalue weighted by Crippen LogP contribution is -2.12. The molecule has 1 radical (unpaired) electrons. The van der Waals surface area contributed by atoms with E-state index < -0.39 is 0 Å². The van der Waals surface area contributed by atoms with Crippen LogP contribution in [0.2, 0.25) is 0 Å². The second-order valence-electron chi connectivity index (χ2n) is 1.05. The fourth-order valence-corrected chi connectivity index (χ4v) is 0.279. The molecule has 0 aromatic heterocycles. The minimum absolute atomic E-state index is 0.241. The van der Waals surface area contributed by atoms with Crippen molar-refractivity contribution in [3.63, 3.8) is 0 Å². The predicted molar refractivity (Wildman–Crippen MR) is 24.8 cm³/mol. The zero-order valence-corrected chi connectivity index (χ0v) is 3.53. The summed E-state index contributed by atoms with van der Waals surface area (Å²) in [6.45, 7) is 0. The van der Waals surface area contributed by atoms with E-state index in [1.807, 2.05) is 0 Å². The summed E-state index contributed by atoms with van der Waals surface area (Å²) in [6.07, 6.45) is 3.94. The van der Waals surface area contributed by atoms with Gasteiger partial charge < -0.3 is 0 Å². The Labute approximate surface area is 40.7 Å². The van der Waals surface area contributed by atoms with Crippen LogP contribution in [0.15, 0.2) is 17.3 Å². The van der Waals surface area contributed by atoms with E-state index in [-0.39, 0.29) is 5.91 Å². The Kier molecular flexibility index (Phi) is 0.898. The molecule has 35 valence electrons. The van der Waals surface area contributed by atoms with Crippen LogP contribution >= 0.6 is 0 Å². The number of amides is 1. The van der Waals surface area contributed by atoms with Crippen molar-refractivity contribution in [2.75, 3.05) is 0 Å². The van der Waals surface area contributed by atoms with Gasteiger partial charge in [0.2, 0.25) is 0 Å². The smallest absolute Gasteiger partial charge is 0.267 e. The van der Waals surface area contributed by atoms with Crippen LogP contribution in [0.25, 0.3) is 0 Å². The third-order valence-corrected chi connectivity index (χ3v) is 0.555. The second-order valence-corrected chi connectivity index (χ2v) is 1.05. The fraction of sp³-hybridized carbons (Fsp3) is 0. The van der Waals surface area contributed by atoms with E-state index >= 15 is 0 Å². The van der Waals surface area contributed by atoms with Gasteiger partial charge in [-0.2, -0.15) is 5.32 Å². The number of hydrogen-bond acceptors (Lipinski definition) is 2. The average molecular weight is 95.1 g/mol. The standard InChI is InChI=1S/C4H3N2O/c7-4-1-2-5-3-6-4/h1-3H. The summed E-state index contributed by atoms with van der Waals surface area (Å²) in [7, 11) is 0. The quantitative estimate of drug-likeness (QED) is 0.406. The van der Waals surface area contributed by atoms with Crippen molar-refractivity contribution in [2.45, 2.75) is 0 Å². The number of hydrogen-bond donors (Lipinski definition) is 0. The van der Waals surface area contributed by atoms with Gasteiger partial charge in [-0.3, -0.25) is 4.79 Å². The molecule has 0 atom stereocenters. The van der Waals surface area contributed by atoms with Crippen LogP contribution in [-0.2, 0) is 4.79 Å². The Hall–Kier alpha value is -1.12. The van der Waals surface area contributed by atoms with Gasteiger partial charge in [0, 0.05) is 12.3 Å². The summed E-state index contributed by atoms with van der Waals surface area (Å²) in [5.74, 6) is -0.241. The van der Waals surface area contributed by atoms with Crippen LogP contribution in [0, 0.1) is 0 Å². The Morgan fingerprint density at radius 1 is 1.57 bits per heavy atom. The first-order valence-electron chi connectivity index (χ1n) is 1.82. The van der Waals surface area contributed by atoms with Crippen LogP contribution in [0.5, 0.6) is 0 Å². The molecule has 0 N–H and O–H groups in total. The van der Waals surface area contributed by atoms with E-state index in [1.54, 1.807) is 0 Å². The Balaban J connectivity index is 2.66. The Morgan fingerprint density at radius 2 is 2.43 bits per heavy atom. The molecule has 0 aliphatic carbocycles. The van der Waals surface area contributed by atoms with Crippen molar-refractivity contribution in [3.8, 4) is 0 Å². The van der Waals surface area contributed by atoms with Crippen LogP contribution < -0.4 is 5.32 Å². The summed E-state index contributed by atoms with van der Waals surface area (Å²) in [5, 5.41) is 3.31. The number of nitrogens with zero attached hydrogens (tertiary/aromatic N) is 2. The molecule has 0 aromatic carbocycles. The number of aliphatic imine (C=N–C) groups is 1. The molecule has 7 heavy (non-hydrogen) atoms. The van der Waals surface area contributed by atoms with Gasteiger partial charge in [0.15, 0.2) is 0 Å².